The number of amides is 1. The van der Waals surface area contributed by atoms with Crippen molar-refractivity contribution in [1.29, 1.82) is 0 Å². The number of aliphatic hydroxyl groups is 2. The number of esters is 1. The first-order valence-corrected chi connectivity index (χ1v) is 36.9. The molecule has 2 atom stereocenters. The highest BCUT2D eigenvalue weighted by Crippen LogP contribution is 2.19. The van der Waals surface area contributed by atoms with E-state index in [2.05, 4.69) is 31.3 Å². The van der Waals surface area contributed by atoms with Crippen LogP contribution in [-0.4, -0.2) is 47.4 Å². The first-order valence-electron chi connectivity index (χ1n) is 36.9. The lowest BCUT2D eigenvalue weighted by Crippen LogP contribution is -2.45. The van der Waals surface area contributed by atoms with Crippen molar-refractivity contribution < 1.29 is 24.5 Å². The van der Waals surface area contributed by atoms with Crippen molar-refractivity contribution in [3.05, 3.63) is 12.2 Å². The molecule has 0 saturated carbocycles. The van der Waals surface area contributed by atoms with Gasteiger partial charge in [-0.25, -0.2) is 0 Å². The molecule has 0 aliphatic rings. The molecule has 0 heterocycles. The lowest BCUT2D eigenvalue weighted by molar-refractivity contribution is -0.143. The maximum Gasteiger partial charge on any atom is 0.305 e. The Balaban J connectivity index is 3.33. The van der Waals surface area contributed by atoms with E-state index >= 15 is 0 Å². The summed E-state index contributed by atoms with van der Waals surface area (Å²) in [5.41, 5.74) is 0. The van der Waals surface area contributed by atoms with Gasteiger partial charge in [0.25, 0.3) is 0 Å². The number of unbranched alkanes of at least 4 members (excludes halogenated alkanes) is 57. The average molecular weight is 1130 g/mol. The van der Waals surface area contributed by atoms with E-state index in [0.717, 1.165) is 38.5 Å². The molecule has 0 aliphatic heterocycles. The molecule has 0 rings (SSSR count). The Morgan fingerprint density at radius 2 is 0.588 bits per heavy atom. The highest BCUT2D eigenvalue weighted by molar-refractivity contribution is 5.76. The quantitative estimate of drug-likeness (QED) is 0.0320. The molecular formula is C74H145NO5. The molecule has 0 saturated heterocycles. The molecule has 6 nitrogen and oxygen atoms in total. The molecule has 0 spiro atoms. The van der Waals surface area contributed by atoms with Gasteiger partial charge in [-0.15, -0.1) is 0 Å². The smallest absolute Gasteiger partial charge is 0.305 e. The molecule has 80 heavy (non-hydrogen) atoms. The van der Waals surface area contributed by atoms with Gasteiger partial charge in [-0.3, -0.25) is 9.59 Å². The van der Waals surface area contributed by atoms with Crippen LogP contribution in [0.2, 0.25) is 0 Å². The molecule has 2 unspecified atom stereocenters. The first kappa shape index (κ1) is 78.6. The van der Waals surface area contributed by atoms with Gasteiger partial charge >= 0.3 is 5.97 Å². The molecule has 1 amide bonds. The summed E-state index contributed by atoms with van der Waals surface area (Å²) < 4.78 is 5.51. The Kier molecular flexibility index (Phi) is 68.9. The monoisotopic (exact) mass is 1130 g/mol. The minimum absolute atomic E-state index is 0.0226. The van der Waals surface area contributed by atoms with Gasteiger partial charge in [-0.1, -0.05) is 373 Å². The number of nitrogens with one attached hydrogen (secondary N) is 1. The molecule has 0 aromatic heterocycles. The second-order valence-electron chi connectivity index (χ2n) is 25.6. The maximum absolute atomic E-state index is 12.5. The van der Waals surface area contributed by atoms with Crippen LogP contribution in [0.3, 0.4) is 0 Å². The van der Waals surface area contributed by atoms with Gasteiger partial charge < -0.3 is 20.3 Å². The fraction of sp³-hybridized carbons (Fsp3) is 0.946. The molecular weight excluding hydrogens is 983 g/mol. The topological polar surface area (TPSA) is 95.9 Å². The van der Waals surface area contributed by atoms with Gasteiger partial charge in [0, 0.05) is 12.8 Å². The van der Waals surface area contributed by atoms with Crippen molar-refractivity contribution in [2.75, 3.05) is 13.2 Å². The van der Waals surface area contributed by atoms with E-state index in [-0.39, 0.29) is 18.5 Å². The van der Waals surface area contributed by atoms with Crippen LogP contribution in [0, 0.1) is 0 Å². The molecule has 0 radical (unpaired) electrons. The summed E-state index contributed by atoms with van der Waals surface area (Å²) in [5, 5.41) is 23.3. The summed E-state index contributed by atoms with van der Waals surface area (Å²) in [4.78, 5) is 24.6. The summed E-state index contributed by atoms with van der Waals surface area (Å²) in [6.45, 7) is 5.00. The zero-order chi connectivity index (χ0) is 57.8. The van der Waals surface area contributed by atoms with Crippen molar-refractivity contribution in [3.8, 4) is 0 Å². The van der Waals surface area contributed by atoms with Gasteiger partial charge in [-0.2, -0.15) is 0 Å². The number of hydrogen-bond donors (Lipinski definition) is 3. The van der Waals surface area contributed by atoms with E-state index in [1.807, 2.05) is 0 Å². The molecule has 476 valence electrons. The van der Waals surface area contributed by atoms with Crippen LogP contribution in [0.25, 0.3) is 0 Å². The third-order valence-electron chi connectivity index (χ3n) is 17.6. The van der Waals surface area contributed by atoms with Crippen LogP contribution in [0.1, 0.15) is 425 Å². The zero-order valence-electron chi connectivity index (χ0n) is 54.6. The van der Waals surface area contributed by atoms with E-state index in [1.54, 1.807) is 0 Å². The van der Waals surface area contributed by atoms with E-state index in [1.165, 1.54) is 353 Å². The molecule has 0 aliphatic carbocycles. The number of ether oxygens (including phenoxy) is 1. The molecule has 6 heteroatoms. The number of rotatable bonds is 70. The second-order valence-corrected chi connectivity index (χ2v) is 25.6. The third kappa shape index (κ3) is 65.7. The maximum atomic E-state index is 12.5. The van der Waals surface area contributed by atoms with Crippen molar-refractivity contribution in [3.63, 3.8) is 0 Å². The van der Waals surface area contributed by atoms with Crippen LogP contribution < -0.4 is 5.32 Å². The predicted molar refractivity (Wildman–Crippen MR) is 352 cm³/mol. The van der Waals surface area contributed by atoms with Crippen LogP contribution in [0.5, 0.6) is 0 Å². The van der Waals surface area contributed by atoms with Gasteiger partial charge in [0.1, 0.15) is 0 Å². The number of carbonyl (C=O) groups is 2. The lowest BCUT2D eigenvalue weighted by atomic mass is 10.0. The van der Waals surface area contributed by atoms with Crippen LogP contribution >= 0.6 is 0 Å². The summed E-state index contributed by atoms with van der Waals surface area (Å²) in [6.07, 6.45) is 87.1. The Morgan fingerprint density at radius 3 is 0.887 bits per heavy atom. The number of aliphatic hydroxyl groups excluding tert-OH is 2. The number of hydrogen-bond acceptors (Lipinski definition) is 5. The lowest BCUT2D eigenvalue weighted by Gasteiger charge is -2.22. The number of carbonyl (C=O) groups excluding carboxylic acids is 2. The predicted octanol–water partition coefficient (Wildman–Crippen LogP) is 23.9. The van der Waals surface area contributed by atoms with Crippen molar-refractivity contribution in [1.82, 2.24) is 5.32 Å². The minimum atomic E-state index is -0.662. The highest BCUT2D eigenvalue weighted by atomic mass is 16.5. The van der Waals surface area contributed by atoms with E-state index in [9.17, 15) is 19.8 Å². The Morgan fingerprint density at radius 1 is 0.338 bits per heavy atom. The first-order chi connectivity index (χ1) is 39.5. The molecule has 0 aromatic carbocycles. The van der Waals surface area contributed by atoms with Gasteiger partial charge in [-0.05, 0) is 51.4 Å². The number of allylic oxidation sites excluding steroid dienone is 2. The SMILES string of the molecule is CCCCCCCCCCCCCCCCCCCCC(=O)OCCCCCCCCCCCCCC/C=C\CCCCCCCCCCCCCCCCC(=O)NC(CO)C(O)CCCCCCCCCCCCCCCCC. The van der Waals surface area contributed by atoms with Gasteiger partial charge in [0.15, 0.2) is 0 Å². The van der Waals surface area contributed by atoms with Crippen molar-refractivity contribution in [2.24, 2.45) is 0 Å². The van der Waals surface area contributed by atoms with E-state index in [0.29, 0.717) is 25.9 Å². The van der Waals surface area contributed by atoms with Crippen LogP contribution in [0.4, 0.5) is 0 Å². The molecule has 3 N–H and O–H groups in total. The van der Waals surface area contributed by atoms with E-state index in [4.69, 9.17) is 4.74 Å². The highest BCUT2D eigenvalue weighted by Gasteiger charge is 2.20. The van der Waals surface area contributed by atoms with Crippen LogP contribution in [0.15, 0.2) is 12.2 Å². The van der Waals surface area contributed by atoms with Crippen molar-refractivity contribution >= 4 is 11.9 Å². The van der Waals surface area contributed by atoms with Crippen molar-refractivity contribution in [2.45, 2.75) is 437 Å². The molecule has 0 fully saturated rings. The summed E-state index contributed by atoms with van der Waals surface area (Å²) in [7, 11) is 0. The molecule has 0 bridgehead atoms. The van der Waals surface area contributed by atoms with Gasteiger partial charge in [0.2, 0.25) is 5.91 Å². The summed E-state index contributed by atoms with van der Waals surface area (Å²) in [5.74, 6) is -0.00735. The summed E-state index contributed by atoms with van der Waals surface area (Å²) in [6, 6.07) is -0.539. The Hall–Kier alpha value is -1.40. The third-order valence-corrected chi connectivity index (χ3v) is 17.6. The minimum Gasteiger partial charge on any atom is -0.466 e. The fourth-order valence-electron chi connectivity index (χ4n) is 11.9. The van der Waals surface area contributed by atoms with Gasteiger partial charge in [0.05, 0.1) is 25.4 Å². The fourth-order valence-corrected chi connectivity index (χ4v) is 11.9. The Bertz CT molecular complexity index is 1210. The summed E-state index contributed by atoms with van der Waals surface area (Å²) >= 11 is 0. The second kappa shape index (κ2) is 70.1. The average Bonchev–Trinajstić information content (AvgIpc) is 3.46. The normalized spacial score (nSPS) is 12.5. The Labute approximate surface area is 501 Å². The van der Waals surface area contributed by atoms with E-state index < -0.39 is 12.1 Å². The van der Waals surface area contributed by atoms with Crippen LogP contribution in [-0.2, 0) is 14.3 Å². The largest absolute Gasteiger partial charge is 0.466 e. The standard InChI is InChI=1S/C74H145NO5/c1-3-5-7-9-11-13-15-17-19-20-36-40-44-48-52-56-60-64-68-74(79)80-69-65-61-57-53-49-45-41-37-34-32-30-28-26-24-22-21-23-25-27-29-31-33-35-39-43-47-51-55-59-63-67-73(78)75-71(70-76)72(77)66-62-58-54-50-46-42-38-18-16-14-12-10-8-6-4-2/h22,24,71-72,76-77H,3-21,23,25-70H2,1-2H3,(H,75,78)/b24-22-. The zero-order valence-corrected chi connectivity index (χ0v) is 54.6. The molecule has 0 aromatic rings.